The first kappa shape index (κ1) is 5.95. The molecule has 50 valence electrons. The summed E-state index contributed by atoms with van der Waals surface area (Å²) in [6.07, 6.45) is 1.86. The van der Waals surface area contributed by atoms with Crippen LogP contribution in [0.3, 0.4) is 0 Å². The van der Waals surface area contributed by atoms with Gasteiger partial charge in [0.05, 0.1) is 0 Å². The predicted octanol–water partition coefficient (Wildman–Crippen LogP) is 0.997. The van der Waals surface area contributed by atoms with Crippen molar-refractivity contribution in [3.05, 3.63) is 24.4 Å². The zero-order chi connectivity index (χ0) is 6.97. The van der Waals surface area contributed by atoms with Crippen LogP contribution >= 0.6 is 0 Å². The fraction of sp³-hybridized carbons (Fsp3) is 0. The average molecular weight is 198 g/mol. The van der Waals surface area contributed by atoms with E-state index in [2.05, 4.69) is 3.98 Å². The molecule has 0 radical (unpaired) electrons. The quantitative estimate of drug-likeness (QED) is 0.640. The van der Waals surface area contributed by atoms with E-state index in [0.717, 1.165) is 5.39 Å². The van der Waals surface area contributed by atoms with Crippen LogP contribution in [0.5, 0.6) is 5.75 Å². The van der Waals surface area contributed by atoms with Gasteiger partial charge in [-0.25, -0.2) is 0 Å². The van der Waals surface area contributed by atoms with Crippen LogP contribution in [0.25, 0.3) is 9.65 Å². The first-order chi connectivity index (χ1) is 4.86. The number of aromatic nitrogens is 1. The molecule has 0 saturated heterocycles. The number of fused-ring (bicyclic) bond motifs is 1. The van der Waals surface area contributed by atoms with Gasteiger partial charge in [-0.3, -0.25) is 0 Å². The third-order valence-corrected chi connectivity index (χ3v) is 2.94. The molecule has 0 bridgehead atoms. The van der Waals surface area contributed by atoms with Crippen molar-refractivity contribution in [1.29, 1.82) is 0 Å². The Hall–Kier alpha value is -0.791. The molecule has 10 heavy (non-hydrogen) atoms. The summed E-state index contributed by atoms with van der Waals surface area (Å²) in [5.74, 6) is 0.339. The number of phenolic OH excluding ortho intramolecular Hbond substituents is 1. The van der Waals surface area contributed by atoms with E-state index in [0.29, 0.717) is 5.75 Å². The van der Waals surface area contributed by atoms with Gasteiger partial charge in [0, 0.05) is 0 Å². The molecule has 3 heteroatoms. The summed E-state index contributed by atoms with van der Waals surface area (Å²) in [6, 6.07) is 5.36. The van der Waals surface area contributed by atoms with Gasteiger partial charge in [-0.05, 0) is 0 Å². The van der Waals surface area contributed by atoms with Gasteiger partial charge in [-0.2, -0.15) is 0 Å². The Balaban J connectivity index is 2.86. The van der Waals surface area contributed by atoms with E-state index in [1.54, 1.807) is 12.1 Å². The Labute approximate surface area is 64.1 Å². The predicted molar refractivity (Wildman–Crippen MR) is 40.3 cm³/mol. The van der Waals surface area contributed by atoms with Crippen molar-refractivity contribution in [2.75, 3.05) is 0 Å². The zero-order valence-electron chi connectivity index (χ0n) is 5.11. The summed E-state index contributed by atoms with van der Waals surface area (Å²) in [4.78, 5) is 0. The van der Waals surface area contributed by atoms with E-state index in [1.807, 2.05) is 12.3 Å². The third-order valence-electron chi connectivity index (χ3n) is 1.34. The average Bonchev–Trinajstić information content (AvgIpc) is 2.33. The molecule has 0 atom stereocenters. The van der Waals surface area contributed by atoms with Crippen LogP contribution in [0.2, 0.25) is 0 Å². The second-order valence-electron chi connectivity index (χ2n) is 2.05. The number of hydrogen-bond donors (Lipinski definition) is 1. The van der Waals surface area contributed by atoms with Crippen molar-refractivity contribution in [2.24, 2.45) is 0 Å². The number of aromatic hydroxyl groups is 1. The number of phenols is 1. The first-order valence-corrected chi connectivity index (χ1v) is 4.52. The molecule has 0 fully saturated rings. The molecule has 0 unspecified atom stereocenters. The summed E-state index contributed by atoms with van der Waals surface area (Å²) < 4.78 is 5.29. The van der Waals surface area contributed by atoms with Gasteiger partial charge in [0.25, 0.3) is 0 Å². The minimum atomic E-state index is 0.202. The van der Waals surface area contributed by atoms with Crippen molar-refractivity contribution in [1.82, 2.24) is 3.98 Å². The summed E-state index contributed by atoms with van der Waals surface area (Å²) in [6.45, 7) is 0. The monoisotopic (exact) mass is 199 g/mol. The van der Waals surface area contributed by atoms with Gasteiger partial charge in [0.15, 0.2) is 0 Å². The zero-order valence-corrected chi connectivity index (χ0v) is 6.83. The van der Waals surface area contributed by atoms with Crippen molar-refractivity contribution in [3.63, 3.8) is 0 Å². The van der Waals surface area contributed by atoms with Crippen molar-refractivity contribution in [3.8, 4) is 5.75 Å². The van der Waals surface area contributed by atoms with Crippen molar-refractivity contribution >= 4 is 24.4 Å². The molecule has 2 rings (SSSR count). The van der Waals surface area contributed by atoms with Gasteiger partial charge >= 0.3 is 63.6 Å². The molecular formula is C7H5NOSe. The molecule has 2 aromatic rings. The SMILES string of the molecule is Oc1ccc2cn[se]c2c1. The molecule has 0 aliphatic carbocycles. The Morgan fingerprint density at radius 1 is 1.40 bits per heavy atom. The summed E-state index contributed by atoms with van der Waals surface area (Å²) in [5, 5.41) is 10.2. The normalized spacial score (nSPS) is 10.4. The van der Waals surface area contributed by atoms with E-state index >= 15 is 0 Å². The van der Waals surface area contributed by atoms with Gasteiger partial charge < -0.3 is 0 Å². The standard InChI is InChI=1S/C7H5NOSe/c9-6-2-1-5-4-8-10-7(5)3-6/h1-4,9H. The van der Waals surface area contributed by atoms with Crippen LogP contribution in [0.1, 0.15) is 0 Å². The minimum absolute atomic E-state index is 0.202. The molecule has 2 nitrogen and oxygen atoms in total. The number of benzene rings is 1. The molecule has 1 aromatic carbocycles. The Morgan fingerprint density at radius 2 is 2.30 bits per heavy atom. The van der Waals surface area contributed by atoms with Crippen LogP contribution in [-0.4, -0.2) is 23.8 Å². The molecular weight excluding hydrogens is 193 g/mol. The molecule has 1 aromatic heterocycles. The van der Waals surface area contributed by atoms with Gasteiger partial charge in [0.2, 0.25) is 0 Å². The fourth-order valence-corrected chi connectivity index (χ4v) is 2.27. The van der Waals surface area contributed by atoms with E-state index in [9.17, 15) is 0 Å². The Kier molecular flexibility index (Phi) is 1.26. The number of rotatable bonds is 0. The van der Waals surface area contributed by atoms with Crippen molar-refractivity contribution in [2.45, 2.75) is 0 Å². The topological polar surface area (TPSA) is 33.1 Å². The number of nitrogens with zero attached hydrogens (tertiary/aromatic N) is 1. The van der Waals surface area contributed by atoms with E-state index in [1.165, 1.54) is 4.26 Å². The third kappa shape index (κ3) is 0.838. The van der Waals surface area contributed by atoms with Crippen LogP contribution in [0.15, 0.2) is 24.4 Å². The summed E-state index contributed by atoms with van der Waals surface area (Å²) >= 11 is 0.202. The van der Waals surface area contributed by atoms with Crippen LogP contribution in [0, 0.1) is 0 Å². The molecule has 0 amide bonds. The second-order valence-corrected chi connectivity index (χ2v) is 3.80. The first-order valence-electron chi connectivity index (χ1n) is 2.90. The fourth-order valence-electron chi connectivity index (χ4n) is 0.849. The van der Waals surface area contributed by atoms with Gasteiger partial charge in [-0.1, -0.05) is 0 Å². The van der Waals surface area contributed by atoms with E-state index < -0.39 is 0 Å². The molecule has 0 spiro atoms. The Morgan fingerprint density at radius 3 is 3.20 bits per heavy atom. The number of hydrogen-bond acceptors (Lipinski definition) is 2. The van der Waals surface area contributed by atoms with Gasteiger partial charge in [-0.15, -0.1) is 0 Å². The van der Waals surface area contributed by atoms with Crippen molar-refractivity contribution < 1.29 is 5.11 Å². The second kappa shape index (κ2) is 2.11. The molecule has 0 aliphatic rings. The molecule has 0 saturated carbocycles. The van der Waals surface area contributed by atoms with Gasteiger partial charge in [0.1, 0.15) is 0 Å². The van der Waals surface area contributed by atoms with Crippen LogP contribution in [-0.2, 0) is 0 Å². The summed E-state index contributed by atoms with van der Waals surface area (Å²) in [5.41, 5.74) is 0. The molecule has 0 aliphatic heterocycles. The van der Waals surface area contributed by atoms with Crippen LogP contribution in [0.4, 0.5) is 0 Å². The maximum atomic E-state index is 9.05. The van der Waals surface area contributed by atoms with E-state index in [-0.39, 0.29) is 14.7 Å². The van der Waals surface area contributed by atoms with Crippen LogP contribution < -0.4 is 0 Å². The summed E-state index contributed by atoms with van der Waals surface area (Å²) in [7, 11) is 0. The molecule has 1 N–H and O–H groups in total. The Bertz CT molecular complexity index is 355. The maximum absolute atomic E-state index is 9.05. The van der Waals surface area contributed by atoms with E-state index in [4.69, 9.17) is 5.11 Å². The molecule has 1 heterocycles.